The number of likely N-dealkylation sites (tertiary alicyclic amines) is 1. The molecule has 2 unspecified atom stereocenters. The van der Waals surface area contributed by atoms with Crippen molar-refractivity contribution in [3.63, 3.8) is 0 Å². The summed E-state index contributed by atoms with van der Waals surface area (Å²) in [6, 6.07) is 0. The van der Waals surface area contributed by atoms with Crippen LogP contribution in [0.15, 0.2) is 0 Å². The third-order valence-electron chi connectivity index (χ3n) is 4.81. The summed E-state index contributed by atoms with van der Waals surface area (Å²) in [7, 11) is 0. The standard InChI is InChI=1S/C16H30N4O/c1-4-14-6-5-8-19(9-7-14)10-15(21)11-20-13(3)16(17)12(2)18-20/h14-15,21H,4-11,17H2,1-3H3. The van der Waals surface area contributed by atoms with Crippen LogP contribution >= 0.6 is 0 Å². The Kier molecular flexibility index (Phi) is 5.65. The maximum Gasteiger partial charge on any atom is 0.0862 e. The fourth-order valence-electron chi connectivity index (χ4n) is 3.26. The number of rotatable bonds is 5. The van der Waals surface area contributed by atoms with Gasteiger partial charge in [-0.2, -0.15) is 5.10 Å². The summed E-state index contributed by atoms with van der Waals surface area (Å²) in [6.07, 6.45) is 4.73. The molecule has 0 aromatic carbocycles. The number of nitrogen functional groups attached to an aromatic ring is 1. The largest absolute Gasteiger partial charge is 0.396 e. The van der Waals surface area contributed by atoms with Crippen LogP contribution in [-0.2, 0) is 6.54 Å². The first-order chi connectivity index (χ1) is 10.0. The van der Waals surface area contributed by atoms with E-state index in [1.807, 2.05) is 18.5 Å². The second-order valence-electron chi connectivity index (χ2n) is 6.43. The first-order valence-electron chi connectivity index (χ1n) is 8.21. The minimum Gasteiger partial charge on any atom is -0.396 e. The van der Waals surface area contributed by atoms with Crippen molar-refractivity contribution in [1.29, 1.82) is 0 Å². The van der Waals surface area contributed by atoms with Gasteiger partial charge in [0, 0.05) is 6.54 Å². The Balaban J connectivity index is 1.86. The second kappa shape index (κ2) is 7.27. The van der Waals surface area contributed by atoms with Crippen LogP contribution in [0, 0.1) is 19.8 Å². The normalized spacial score (nSPS) is 22.2. The van der Waals surface area contributed by atoms with Crippen LogP contribution in [0.4, 0.5) is 5.69 Å². The second-order valence-corrected chi connectivity index (χ2v) is 6.43. The van der Waals surface area contributed by atoms with Crippen molar-refractivity contribution in [2.75, 3.05) is 25.4 Å². The van der Waals surface area contributed by atoms with Crippen LogP contribution in [0.3, 0.4) is 0 Å². The van der Waals surface area contributed by atoms with E-state index in [9.17, 15) is 5.11 Å². The molecule has 120 valence electrons. The van der Waals surface area contributed by atoms with E-state index in [-0.39, 0.29) is 6.10 Å². The molecule has 2 atom stereocenters. The van der Waals surface area contributed by atoms with Crippen molar-refractivity contribution in [3.05, 3.63) is 11.4 Å². The average Bonchev–Trinajstić information content (AvgIpc) is 2.64. The van der Waals surface area contributed by atoms with E-state index in [1.54, 1.807) is 0 Å². The molecule has 1 saturated heterocycles. The number of aromatic nitrogens is 2. The smallest absolute Gasteiger partial charge is 0.0862 e. The number of hydrogen-bond donors (Lipinski definition) is 2. The monoisotopic (exact) mass is 294 g/mol. The molecule has 1 fully saturated rings. The van der Waals surface area contributed by atoms with Crippen LogP contribution in [0.2, 0.25) is 0 Å². The molecule has 0 spiro atoms. The molecule has 5 nitrogen and oxygen atoms in total. The van der Waals surface area contributed by atoms with Gasteiger partial charge in [0.25, 0.3) is 0 Å². The van der Waals surface area contributed by atoms with Crippen LogP contribution in [0.5, 0.6) is 0 Å². The zero-order valence-corrected chi connectivity index (χ0v) is 13.7. The molecule has 0 bridgehead atoms. The zero-order chi connectivity index (χ0) is 15.4. The molecule has 1 aromatic rings. The van der Waals surface area contributed by atoms with Crippen LogP contribution in [-0.4, -0.2) is 45.5 Å². The highest BCUT2D eigenvalue weighted by Gasteiger charge is 2.19. The van der Waals surface area contributed by atoms with E-state index >= 15 is 0 Å². The van der Waals surface area contributed by atoms with Gasteiger partial charge < -0.3 is 15.7 Å². The fourth-order valence-corrected chi connectivity index (χ4v) is 3.26. The van der Waals surface area contributed by atoms with Crippen molar-refractivity contribution >= 4 is 5.69 Å². The minimum absolute atomic E-state index is 0.388. The third kappa shape index (κ3) is 4.20. The number of aryl methyl sites for hydroxylation is 1. The van der Waals surface area contributed by atoms with Crippen molar-refractivity contribution in [2.45, 2.75) is 59.1 Å². The predicted molar refractivity (Wildman–Crippen MR) is 86.2 cm³/mol. The van der Waals surface area contributed by atoms with Crippen molar-refractivity contribution in [1.82, 2.24) is 14.7 Å². The van der Waals surface area contributed by atoms with Gasteiger partial charge in [0.2, 0.25) is 0 Å². The summed E-state index contributed by atoms with van der Waals surface area (Å²) in [6.45, 7) is 9.61. The Labute approximate surface area is 128 Å². The summed E-state index contributed by atoms with van der Waals surface area (Å²) >= 11 is 0. The molecule has 0 amide bonds. The van der Waals surface area contributed by atoms with Crippen molar-refractivity contribution < 1.29 is 5.11 Å². The lowest BCUT2D eigenvalue weighted by Gasteiger charge is -2.23. The van der Waals surface area contributed by atoms with Crippen LogP contribution < -0.4 is 5.73 Å². The van der Waals surface area contributed by atoms with E-state index in [0.29, 0.717) is 6.54 Å². The van der Waals surface area contributed by atoms with Gasteiger partial charge in [-0.25, -0.2) is 0 Å². The zero-order valence-electron chi connectivity index (χ0n) is 13.7. The van der Waals surface area contributed by atoms with Gasteiger partial charge in [-0.3, -0.25) is 4.68 Å². The summed E-state index contributed by atoms with van der Waals surface area (Å²) in [5.41, 5.74) is 8.48. The number of aliphatic hydroxyl groups excluding tert-OH is 1. The van der Waals surface area contributed by atoms with Gasteiger partial charge in [0.1, 0.15) is 0 Å². The van der Waals surface area contributed by atoms with Gasteiger partial charge in [-0.05, 0) is 52.1 Å². The van der Waals surface area contributed by atoms with Crippen LogP contribution in [0.1, 0.15) is 44.0 Å². The molecule has 1 aliphatic rings. The van der Waals surface area contributed by atoms with Gasteiger partial charge in [0.05, 0.1) is 29.7 Å². The molecule has 0 aliphatic carbocycles. The first-order valence-corrected chi connectivity index (χ1v) is 8.21. The number of β-amino-alcohol motifs (C(OH)–C–C–N with tert-alkyl or cyclic N) is 1. The lowest BCUT2D eigenvalue weighted by atomic mass is 9.98. The van der Waals surface area contributed by atoms with Crippen LogP contribution in [0.25, 0.3) is 0 Å². The number of anilines is 1. The number of nitrogens with two attached hydrogens (primary N) is 1. The summed E-state index contributed by atoms with van der Waals surface area (Å²) < 4.78 is 1.84. The van der Waals surface area contributed by atoms with E-state index in [1.165, 1.54) is 25.7 Å². The van der Waals surface area contributed by atoms with E-state index in [4.69, 9.17) is 5.73 Å². The van der Waals surface area contributed by atoms with Crippen molar-refractivity contribution in [3.8, 4) is 0 Å². The van der Waals surface area contributed by atoms with Gasteiger partial charge in [0.15, 0.2) is 0 Å². The minimum atomic E-state index is -0.388. The van der Waals surface area contributed by atoms with Crippen molar-refractivity contribution in [2.24, 2.45) is 5.92 Å². The van der Waals surface area contributed by atoms with Gasteiger partial charge in [-0.1, -0.05) is 13.3 Å². The molecule has 2 heterocycles. The Bertz CT molecular complexity index is 457. The molecule has 21 heavy (non-hydrogen) atoms. The molecule has 2 rings (SSSR count). The lowest BCUT2D eigenvalue weighted by molar-refractivity contribution is 0.0953. The Morgan fingerprint density at radius 1 is 1.29 bits per heavy atom. The Morgan fingerprint density at radius 3 is 2.67 bits per heavy atom. The molecular weight excluding hydrogens is 264 g/mol. The maximum atomic E-state index is 10.4. The molecule has 5 heteroatoms. The first kappa shape index (κ1) is 16.3. The SMILES string of the molecule is CCC1CCCN(CC(O)Cn2nc(C)c(N)c2C)CC1. The third-order valence-corrected chi connectivity index (χ3v) is 4.81. The highest BCUT2D eigenvalue weighted by atomic mass is 16.3. The Hall–Kier alpha value is -1.07. The van der Waals surface area contributed by atoms with E-state index < -0.39 is 0 Å². The predicted octanol–water partition coefficient (Wildman–Crippen LogP) is 1.96. The number of hydrogen-bond acceptors (Lipinski definition) is 4. The molecule has 0 radical (unpaired) electrons. The quantitative estimate of drug-likeness (QED) is 0.871. The topological polar surface area (TPSA) is 67.3 Å². The van der Waals surface area contributed by atoms with Gasteiger partial charge in [-0.15, -0.1) is 0 Å². The fraction of sp³-hybridized carbons (Fsp3) is 0.812. The van der Waals surface area contributed by atoms with Gasteiger partial charge >= 0.3 is 0 Å². The molecular formula is C16H30N4O. The summed E-state index contributed by atoms with van der Waals surface area (Å²) in [5, 5.41) is 14.8. The summed E-state index contributed by atoms with van der Waals surface area (Å²) in [5.74, 6) is 0.864. The molecule has 0 saturated carbocycles. The van der Waals surface area contributed by atoms with E-state index in [2.05, 4.69) is 16.9 Å². The highest BCUT2D eigenvalue weighted by Crippen LogP contribution is 2.20. The number of aliphatic hydroxyl groups is 1. The Morgan fingerprint density at radius 2 is 2.05 bits per heavy atom. The van der Waals surface area contributed by atoms with E-state index in [0.717, 1.165) is 42.6 Å². The molecule has 3 N–H and O–H groups in total. The molecule has 1 aliphatic heterocycles. The highest BCUT2D eigenvalue weighted by molar-refractivity contribution is 5.46. The average molecular weight is 294 g/mol. The maximum absolute atomic E-state index is 10.4. The number of nitrogens with zero attached hydrogens (tertiary/aromatic N) is 3. The lowest BCUT2D eigenvalue weighted by Crippen LogP contribution is -2.35. The molecule has 1 aromatic heterocycles. The summed E-state index contributed by atoms with van der Waals surface area (Å²) in [4.78, 5) is 2.40.